The van der Waals surface area contributed by atoms with E-state index >= 15 is 0 Å². The van der Waals surface area contributed by atoms with Crippen LogP contribution in [0.5, 0.6) is 11.5 Å². The van der Waals surface area contributed by atoms with Crippen molar-refractivity contribution in [3.8, 4) is 11.5 Å². The molecule has 2 aliphatic rings. The van der Waals surface area contributed by atoms with E-state index in [1.807, 2.05) is 12.1 Å². The summed E-state index contributed by atoms with van der Waals surface area (Å²) in [5, 5.41) is 3.92. The molecule has 0 saturated carbocycles. The first-order chi connectivity index (χ1) is 13.6. The molecule has 2 aliphatic heterocycles. The van der Waals surface area contributed by atoms with Crippen molar-refractivity contribution in [2.45, 2.75) is 26.2 Å². The monoisotopic (exact) mass is 537 g/mol. The fraction of sp³-hybridized carbons (Fsp3) is 0.600. The maximum absolute atomic E-state index is 11.7. The highest BCUT2D eigenvalue weighted by Crippen LogP contribution is 2.38. The number of hydrogen-bond donors (Lipinski definition) is 1. The van der Waals surface area contributed by atoms with Gasteiger partial charge >= 0.3 is 5.97 Å². The van der Waals surface area contributed by atoms with Gasteiger partial charge in [0, 0.05) is 26.2 Å². The highest BCUT2D eigenvalue weighted by molar-refractivity contribution is 14.0. The van der Waals surface area contributed by atoms with Crippen LogP contribution < -0.4 is 14.8 Å². The Morgan fingerprint density at radius 1 is 1.31 bits per heavy atom. The molecule has 162 valence electrons. The van der Waals surface area contributed by atoms with Crippen LogP contribution in [0, 0.1) is 5.92 Å². The fourth-order valence-corrected chi connectivity index (χ4v) is 3.81. The summed E-state index contributed by atoms with van der Waals surface area (Å²) in [6, 6.07) is 3.89. The van der Waals surface area contributed by atoms with Gasteiger partial charge in [0.15, 0.2) is 17.5 Å². The molecule has 0 atom stereocenters. The predicted molar refractivity (Wildman–Crippen MR) is 124 cm³/mol. The third-order valence-corrected chi connectivity index (χ3v) is 5.26. The van der Waals surface area contributed by atoms with Crippen molar-refractivity contribution in [1.29, 1.82) is 0 Å². The zero-order valence-corrected chi connectivity index (χ0v) is 20.0. The number of methoxy groups -OCH3 is 1. The van der Waals surface area contributed by atoms with Crippen LogP contribution in [0.1, 0.15) is 25.3 Å². The maximum atomic E-state index is 11.7. The van der Waals surface area contributed by atoms with E-state index in [4.69, 9.17) is 30.8 Å². The van der Waals surface area contributed by atoms with Gasteiger partial charge in [0.05, 0.1) is 18.1 Å². The van der Waals surface area contributed by atoms with E-state index in [1.165, 1.54) is 7.11 Å². The van der Waals surface area contributed by atoms with Crippen LogP contribution in [0.15, 0.2) is 17.1 Å². The standard InChI is InChI=1S/C20H28ClN3O4.HI/c1-3-22-20(24-8-5-15(6-9-24)19(25)26-2)23-7-4-14-12-16(21)18-17(13-14)27-10-11-28-18;/h12-13,15H,3-11H2,1-2H3,(H,22,23);1H. The lowest BCUT2D eigenvalue weighted by molar-refractivity contribution is -0.146. The molecular weight excluding hydrogens is 509 g/mol. The molecule has 0 spiro atoms. The molecule has 0 aromatic heterocycles. The van der Waals surface area contributed by atoms with Crippen molar-refractivity contribution < 1.29 is 19.0 Å². The molecule has 1 aromatic carbocycles. The van der Waals surface area contributed by atoms with Crippen molar-refractivity contribution in [2.75, 3.05) is 46.5 Å². The quantitative estimate of drug-likeness (QED) is 0.269. The Balaban J connectivity index is 0.00000300. The number of aliphatic imine (C=N–C) groups is 1. The smallest absolute Gasteiger partial charge is 0.308 e. The number of likely N-dealkylation sites (tertiary alicyclic amines) is 1. The number of nitrogens with one attached hydrogen (secondary N) is 1. The lowest BCUT2D eigenvalue weighted by Crippen LogP contribution is -2.46. The number of guanidine groups is 1. The Morgan fingerprint density at radius 3 is 2.72 bits per heavy atom. The molecule has 2 heterocycles. The van der Waals surface area contributed by atoms with Crippen LogP contribution in [0.3, 0.4) is 0 Å². The number of piperidine rings is 1. The SMILES string of the molecule is CCNC(=NCCc1cc(Cl)c2c(c1)OCCO2)N1CCC(C(=O)OC)CC1.I. The van der Waals surface area contributed by atoms with Gasteiger partial charge in [-0.15, -0.1) is 24.0 Å². The third-order valence-electron chi connectivity index (χ3n) is 4.98. The molecule has 1 saturated heterocycles. The van der Waals surface area contributed by atoms with Crippen LogP contribution in [-0.2, 0) is 16.0 Å². The summed E-state index contributed by atoms with van der Waals surface area (Å²) in [7, 11) is 1.45. The maximum Gasteiger partial charge on any atom is 0.308 e. The Kier molecular flexibility index (Phi) is 9.61. The minimum Gasteiger partial charge on any atom is -0.486 e. The minimum atomic E-state index is -0.114. The lowest BCUT2D eigenvalue weighted by atomic mass is 9.97. The summed E-state index contributed by atoms with van der Waals surface area (Å²) < 4.78 is 16.1. The van der Waals surface area contributed by atoms with Crippen molar-refractivity contribution in [3.05, 3.63) is 22.7 Å². The summed E-state index contributed by atoms with van der Waals surface area (Å²) >= 11 is 6.31. The van der Waals surface area contributed by atoms with Crippen molar-refractivity contribution in [1.82, 2.24) is 10.2 Å². The molecule has 0 bridgehead atoms. The molecule has 1 N–H and O–H groups in total. The normalized spacial score (nSPS) is 16.8. The van der Waals surface area contributed by atoms with Crippen LogP contribution >= 0.6 is 35.6 Å². The van der Waals surface area contributed by atoms with Crippen molar-refractivity contribution in [2.24, 2.45) is 10.9 Å². The Morgan fingerprint density at radius 2 is 2.03 bits per heavy atom. The van der Waals surface area contributed by atoms with Gasteiger partial charge < -0.3 is 24.4 Å². The van der Waals surface area contributed by atoms with Gasteiger partial charge in [0.1, 0.15) is 13.2 Å². The number of benzene rings is 1. The first kappa shape index (κ1) is 23.9. The molecule has 0 radical (unpaired) electrons. The van der Waals surface area contributed by atoms with E-state index in [-0.39, 0.29) is 35.9 Å². The number of hydrogen-bond acceptors (Lipinski definition) is 5. The van der Waals surface area contributed by atoms with E-state index in [0.717, 1.165) is 50.4 Å². The highest BCUT2D eigenvalue weighted by atomic mass is 127. The number of nitrogens with zero attached hydrogens (tertiary/aromatic N) is 2. The van der Waals surface area contributed by atoms with E-state index in [9.17, 15) is 4.79 Å². The number of carbonyl (C=O) groups is 1. The number of halogens is 2. The van der Waals surface area contributed by atoms with Gasteiger partial charge in [-0.2, -0.15) is 0 Å². The molecular formula is C20H29ClIN3O4. The number of fused-ring (bicyclic) bond motifs is 1. The fourth-order valence-electron chi connectivity index (χ4n) is 3.52. The number of carbonyl (C=O) groups excluding carboxylic acids is 1. The Labute approximate surface area is 194 Å². The average Bonchev–Trinajstić information content (AvgIpc) is 2.73. The first-order valence-electron chi connectivity index (χ1n) is 9.81. The predicted octanol–water partition coefficient (Wildman–Crippen LogP) is 3.12. The van der Waals surface area contributed by atoms with E-state index in [0.29, 0.717) is 36.3 Å². The van der Waals surface area contributed by atoms with Crippen LogP contribution in [0.25, 0.3) is 0 Å². The zero-order chi connectivity index (χ0) is 19.9. The van der Waals surface area contributed by atoms with E-state index in [1.54, 1.807) is 0 Å². The molecule has 1 fully saturated rings. The minimum absolute atomic E-state index is 0. The van der Waals surface area contributed by atoms with Gasteiger partial charge in [-0.1, -0.05) is 11.6 Å². The van der Waals surface area contributed by atoms with Crippen LogP contribution in [-0.4, -0.2) is 63.3 Å². The Bertz CT molecular complexity index is 724. The third kappa shape index (κ3) is 6.28. The largest absolute Gasteiger partial charge is 0.486 e. The van der Waals surface area contributed by atoms with Crippen molar-refractivity contribution in [3.63, 3.8) is 0 Å². The molecule has 1 aromatic rings. The summed E-state index contributed by atoms with van der Waals surface area (Å²) in [5.74, 6) is 2.09. The average molecular weight is 538 g/mol. The second-order valence-corrected chi connectivity index (χ2v) is 7.28. The van der Waals surface area contributed by atoms with Crippen molar-refractivity contribution >= 4 is 47.5 Å². The second kappa shape index (κ2) is 11.7. The van der Waals surface area contributed by atoms with Gasteiger partial charge in [-0.25, -0.2) is 0 Å². The molecule has 29 heavy (non-hydrogen) atoms. The van der Waals surface area contributed by atoms with Gasteiger partial charge in [-0.05, 0) is 43.9 Å². The molecule has 9 heteroatoms. The summed E-state index contributed by atoms with van der Waals surface area (Å²) in [6.45, 7) is 6.13. The lowest BCUT2D eigenvalue weighted by Gasteiger charge is -2.33. The number of rotatable bonds is 5. The second-order valence-electron chi connectivity index (χ2n) is 6.87. The van der Waals surface area contributed by atoms with Gasteiger partial charge in [0.2, 0.25) is 0 Å². The molecule has 0 aliphatic carbocycles. The summed E-state index contributed by atoms with van der Waals surface area (Å²) in [5.41, 5.74) is 1.07. The summed E-state index contributed by atoms with van der Waals surface area (Å²) in [4.78, 5) is 18.7. The Hall–Kier alpha value is -1.42. The van der Waals surface area contributed by atoms with Gasteiger partial charge in [-0.3, -0.25) is 9.79 Å². The van der Waals surface area contributed by atoms with Gasteiger partial charge in [0.25, 0.3) is 0 Å². The van der Waals surface area contributed by atoms with E-state index < -0.39 is 0 Å². The molecule has 7 nitrogen and oxygen atoms in total. The zero-order valence-electron chi connectivity index (χ0n) is 16.9. The molecule has 3 rings (SSSR count). The molecule has 0 unspecified atom stereocenters. The number of ether oxygens (including phenoxy) is 3. The highest BCUT2D eigenvalue weighted by Gasteiger charge is 2.27. The van der Waals surface area contributed by atoms with E-state index in [2.05, 4.69) is 17.1 Å². The molecule has 0 amide bonds. The van der Waals surface area contributed by atoms with Crippen LogP contribution in [0.2, 0.25) is 5.02 Å². The topological polar surface area (TPSA) is 72.4 Å². The summed E-state index contributed by atoms with van der Waals surface area (Å²) in [6.07, 6.45) is 2.33. The van der Waals surface area contributed by atoms with Crippen LogP contribution in [0.4, 0.5) is 0 Å². The number of esters is 1. The first-order valence-corrected chi connectivity index (χ1v) is 10.2.